The van der Waals surface area contributed by atoms with Crippen LogP contribution in [0.5, 0.6) is 0 Å². The first-order valence-electron chi connectivity index (χ1n) is 5.23. The van der Waals surface area contributed by atoms with E-state index in [1.54, 1.807) is 11.3 Å². The van der Waals surface area contributed by atoms with Gasteiger partial charge in [0.2, 0.25) is 0 Å². The number of rotatable bonds is 6. The first kappa shape index (κ1) is 12.2. The summed E-state index contributed by atoms with van der Waals surface area (Å²) in [6.07, 6.45) is 2.71. The van der Waals surface area contributed by atoms with Crippen molar-refractivity contribution in [3.05, 3.63) is 16.1 Å². The van der Waals surface area contributed by atoms with Crippen LogP contribution in [0.25, 0.3) is 0 Å². The highest BCUT2D eigenvalue weighted by molar-refractivity contribution is 7.09. The molecule has 0 fully saturated rings. The molecule has 0 saturated carbocycles. The molecule has 0 aliphatic rings. The van der Waals surface area contributed by atoms with Gasteiger partial charge in [-0.3, -0.25) is 4.79 Å². The van der Waals surface area contributed by atoms with E-state index < -0.39 is 5.97 Å². The van der Waals surface area contributed by atoms with E-state index >= 15 is 0 Å². The Kier molecular flexibility index (Phi) is 4.75. The predicted molar refractivity (Wildman–Crippen MR) is 61.2 cm³/mol. The monoisotopic (exact) mass is 227 g/mol. The fourth-order valence-electron chi connectivity index (χ4n) is 1.33. The maximum absolute atomic E-state index is 10.3. The minimum atomic E-state index is -0.729. The Morgan fingerprint density at radius 2 is 2.33 bits per heavy atom. The lowest BCUT2D eigenvalue weighted by atomic mass is 10.1. The van der Waals surface area contributed by atoms with Gasteiger partial charge in [0, 0.05) is 18.2 Å². The number of aliphatic carboxylic acids is 1. The quantitative estimate of drug-likeness (QED) is 0.813. The van der Waals surface area contributed by atoms with Gasteiger partial charge < -0.3 is 5.11 Å². The standard InChI is InChI=1S/C11H17NO2S/c1-8(2)6-10-12-9(7-15-10)4-3-5-11(13)14/h7-8H,3-6H2,1-2H3,(H,13,14). The van der Waals surface area contributed by atoms with Gasteiger partial charge in [0.05, 0.1) is 10.7 Å². The minimum absolute atomic E-state index is 0.233. The van der Waals surface area contributed by atoms with Gasteiger partial charge in [-0.25, -0.2) is 4.98 Å². The first-order chi connectivity index (χ1) is 7.08. The summed E-state index contributed by atoms with van der Waals surface area (Å²) in [5, 5.41) is 11.7. The number of carbonyl (C=O) groups is 1. The fraction of sp³-hybridized carbons (Fsp3) is 0.636. The molecule has 4 heteroatoms. The van der Waals surface area contributed by atoms with Gasteiger partial charge in [-0.15, -0.1) is 11.3 Å². The van der Waals surface area contributed by atoms with Crippen LogP contribution in [0.3, 0.4) is 0 Å². The summed E-state index contributed by atoms with van der Waals surface area (Å²) in [7, 11) is 0. The molecular formula is C11H17NO2S. The molecule has 0 bridgehead atoms. The van der Waals surface area contributed by atoms with E-state index in [1.807, 2.05) is 5.38 Å². The molecule has 0 aliphatic carbocycles. The minimum Gasteiger partial charge on any atom is -0.481 e. The van der Waals surface area contributed by atoms with E-state index in [9.17, 15) is 4.79 Å². The molecule has 0 aliphatic heterocycles. The second kappa shape index (κ2) is 5.85. The van der Waals surface area contributed by atoms with Gasteiger partial charge in [0.25, 0.3) is 0 Å². The van der Waals surface area contributed by atoms with E-state index in [0.717, 1.165) is 23.5 Å². The smallest absolute Gasteiger partial charge is 0.303 e. The number of aromatic nitrogens is 1. The SMILES string of the molecule is CC(C)Cc1nc(CCCC(=O)O)cs1. The van der Waals surface area contributed by atoms with Crippen LogP contribution in [-0.4, -0.2) is 16.1 Å². The van der Waals surface area contributed by atoms with Gasteiger partial charge in [0.15, 0.2) is 0 Å². The summed E-state index contributed by atoms with van der Waals surface area (Å²) < 4.78 is 0. The van der Waals surface area contributed by atoms with Crippen molar-refractivity contribution >= 4 is 17.3 Å². The largest absolute Gasteiger partial charge is 0.481 e. The Balaban J connectivity index is 2.36. The van der Waals surface area contributed by atoms with Crippen LogP contribution in [0.4, 0.5) is 0 Å². The maximum atomic E-state index is 10.3. The Morgan fingerprint density at radius 1 is 1.60 bits per heavy atom. The van der Waals surface area contributed by atoms with Crippen LogP contribution in [-0.2, 0) is 17.6 Å². The second-order valence-corrected chi connectivity index (χ2v) is 5.02. The third-order valence-electron chi connectivity index (χ3n) is 2.01. The van der Waals surface area contributed by atoms with Crippen molar-refractivity contribution in [2.75, 3.05) is 0 Å². The number of hydrogen-bond acceptors (Lipinski definition) is 3. The van der Waals surface area contributed by atoms with Gasteiger partial charge in [-0.05, 0) is 18.8 Å². The topological polar surface area (TPSA) is 50.2 Å². The Bertz CT molecular complexity index is 320. The molecule has 84 valence electrons. The number of hydrogen-bond donors (Lipinski definition) is 1. The van der Waals surface area contributed by atoms with Gasteiger partial charge >= 0.3 is 5.97 Å². The predicted octanol–water partition coefficient (Wildman–Crippen LogP) is 2.75. The molecule has 1 heterocycles. The van der Waals surface area contributed by atoms with Gasteiger partial charge in [-0.2, -0.15) is 0 Å². The molecule has 1 aromatic rings. The number of thiazole rings is 1. The molecule has 0 saturated heterocycles. The summed E-state index contributed by atoms with van der Waals surface area (Å²) in [4.78, 5) is 14.8. The van der Waals surface area contributed by atoms with Crippen molar-refractivity contribution in [1.29, 1.82) is 0 Å². The highest BCUT2D eigenvalue weighted by Crippen LogP contribution is 2.15. The van der Waals surface area contributed by atoms with Crippen LogP contribution in [0.15, 0.2) is 5.38 Å². The third kappa shape index (κ3) is 4.93. The molecule has 0 radical (unpaired) electrons. The molecule has 0 aromatic carbocycles. The third-order valence-corrected chi connectivity index (χ3v) is 2.93. The van der Waals surface area contributed by atoms with Crippen molar-refractivity contribution in [2.45, 2.75) is 39.5 Å². The summed E-state index contributed by atoms with van der Waals surface area (Å²) in [5.74, 6) is -0.101. The number of aryl methyl sites for hydroxylation is 1. The molecule has 1 aromatic heterocycles. The second-order valence-electron chi connectivity index (χ2n) is 4.08. The zero-order valence-corrected chi connectivity index (χ0v) is 10.0. The molecule has 15 heavy (non-hydrogen) atoms. The molecule has 0 amide bonds. The molecule has 1 N–H and O–H groups in total. The number of nitrogens with zero attached hydrogens (tertiary/aromatic N) is 1. The van der Waals surface area contributed by atoms with Gasteiger partial charge in [-0.1, -0.05) is 13.8 Å². The van der Waals surface area contributed by atoms with Crippen LogP contribution >= 0.6 is 11.3 Å². The average Bonchev–Trinajstić information content (AvgIpc) is 2.50. The van der Waals surface area contributed by atoms with E-state index in [-0.39, 0.29) is 6.42 Å². The normalized spacial score (nSPS) is 10.9. The average molecular weight is 227 g/mol. The Hall–Kier alpha value is -0.900. The van der Waals surface area contributed by atoms with E-state index in [0.29, 0.717) is 12.3 Å². The molecule has 3 nitrogen and oxygen atoms in total. The molecular weight excluding hydrogens is 210 g/mol. The number of carboxylic acids is 1. The highest BCUT2D eigenvalue weighted by atomic mass is 32.1. The van der Waals surface area contributed by atoms with Crippen molar-refractivity contribution in [3.63, 3.8) is 0 Å². The summed E-state index contributed by atoms with van der Waals surface area (Å²) in [6.45, 7) is 4.34. The molecule has 1 rings (SSSR count). The Morgan fingerprint density at radius 3 is 2.93 bits per heavy atom. The van der Waals surface area contributed by atoms with E-state index in [4.69, 9.17) is 5.11 Å². The van der Waals surface area contributed by atoms with Crippen LogP contribution in [0.2, 0.25) is 0 Å². The molecule has 0 atom stereocenters. The van der Waals surface area contributed by atoms with Gasteiger partial charge in [0.1, 0.15) is 0 Å². The van der Waals surface area contributed by atoms with Crippen molar-refractivity contribution in [2.24, 2.45) is 5.92 Å². The van der Waals surface area contributed by atoms with Crippen LogP contribution in [0, 0.1) is 5.92 Å². The molecule has 0 spiro atoms. The van der Waals surface area contributed by atoms with E-state index in [2.05, 4.69) is 18.8 Å². The van der Waals surface area contributed by atoms with Crippen molar-refractivity contribution < 1.29 is 9.90 Å². The van der Waals surface area contributed by atoms with Crippen LogP contribution < -0.4 is 0 Å². The number of carboxylic acid groups (broad SMARTS) is 1. The zero-order chi connectivity index (χ0) is 11.3. The Labute approximate surface area is 94.2 Å². The summed E-state index contributed by atoms with van der Waals surface area (Å²) >= 11 is 1.68. The van der Waals surface area contributed by atoms with Crippen molar-refractivity contribution in [1.82, 2.24) is 4.98 Å². The summed E-state index contributed by atoms with van der Waals surface area (Å²) in [6, 6.07) is 0. The maximum Gasteiger partial charge on any atom is 0.303 e. The summed E-state index contributed by atoms with van der Waals surface area (Å²) in [5.41, 5.74) is 1.04. The van der Waals surface area contributed by atoms with E-state index in [1.165, 1.54) is 0 Å². The molecule has 0 unspecified atom stereocenters. The first-order valence-corrected chi connectivity index (χ1v) is 6.11. The lowest BCUT2D eigenvalue weighted by molar-refractivity contribution is -0.137. The van der Waals surface area contributed by atoms with Crippen LogP contribution in [0.1, 0.15) is 37.4 Å². The van der Waals surface area contributed by atoms with Crippen molar-refractivity contribution in [3.8, 4) is 0 Å². The zero-order valence-electron chi connectivity index (χ0n) is 9.19. The fourth-order valence-corrected chi connectivity index (χ4v) is 2.37. The lowest BCUT2D eigenvalue weighted by Crippen LogP contribution is -1.97. The highest BCUT2D eigenvalue weighted by Gasteiger charge is 2.05. The lowest BCUT2D eigenvalue weighted by Gasteiger charge is -1.98.